The molecule has 2 aromatic carbocycles. The molecular weight excluding hydrogens is 494 g/mol. The Labute approximate surface area is 207 Å². The van der Waals surface area contributed by atoms with Crippen molar-refractivity contribution < 1.29 is 36.2 Å². The van der Waals surface area contributed by atoms with Crippen molar-refractivity contribution in [3.05, 3.63) is 102 Å². The van der Waals surface area contributed by atoms with Crippen molar-refractivity contribution in [1.82, 2.24) is 4.31 Å². The lowest BCUT2D eigenvalue weighted by molar-refractivity contribution is -0.623. The Morgan fingerprint density at radius 1 is 1.06 bits per heavy atom. The molecule has 0 radical (unpaired) electrons. The van der Waals surface area contributed by atoms with Crippen molar-refractivity contribution in [3.8, 4) is 0 Å². The van der Waals surface area contributed by atoms with Crippen LogP contribution in [0.25, 0.3) is 0 Å². The van der Waals surface area contributed by atoms with E-state index >= 15 is 0 Å². The van der Waals surface area contributed by atoms with Gasteiger partial charge < -0.3 is 9.94 Å². The molecule has 2 heterocycles. The molecule has 2 atom stereocenters. The summed E-state index contributed by atoms with van der Waals surface area (Å²) in [6.07, 6.45) is 1.74. The summed E-state index contributed by atoms with van der Waals surface area (Å²) < 4.78 is 65.6. The Morgan fingerprint density at radius 2 is 1.69 bits per heavy atom. The van der Waals surface area contributed by atoms with Gasteiger partial charge in [0, 0.05) is 18.7 Å². The molecule has 1 saturated heterocycles. The topological polar surface area (TPSA) is 99.8 Å². The van der Waals surface area contributed by atoms with Gasteiger partial charge in [0.05, 0.1) is 4.90 Å². The van der Waals surface area contributed by atoms with Crippen LogP contribution in [0.1, 0.15) is 24.1 Å². The molecule has 190 valence electrons. The standard InChI is InChI=1S/C25H24F2N2O6S/c26-24(27)35-25(19-10-3-1-4-11-19,22-15-7-8-16-28(22)31)18-34-23(30)21-14-9-17-29(21)36(32,33)20-12-5-2-6-13-20/h1-8,10-13,15-16,21,24H,9,14,17-18H2/t21-,25?/m0/s1. The van der Waals surface area contributed by atoms with Crippen LogP contribution >= 0.6 is 0 Å². The van der Waals surface area contributed by atoms with Gasteiger partial charge in [0.1, 0.15) is 12.6 Å². The second kappa shape index (κ2) is 10.7. The van der Waals surface area contributed by atoms with Gasteiger partial charge in [-0.2, -0.15) is 17.8 Å². The predicted molar refractivity (Wildman–Crippen MR) is 124 cm³/mol. The van der Waals surface area contributed by atoms with Gasteiger partial charge in [-0.25, -0.2) is 8.42 Å². The maximum Gasteiger partial charge on any atom is 0.346 e. The van der Waals surface area contributed by atoms with E-state index in [1.807, 2.05) is 0 Å². The minimum Gasteiger partial charge on any atom is -0.618 e. The smallest absolute Gasteiger partial charge is 0.346 e. The fourth-order valence-electron chi connectivity index (χ4n) is 4.33. The molecular formula is C25H24F2N2O6S. The van der Waals surface area contributed by atoms with Crippen molar-refractivity contribution in [1.29, 1.82) is 0 Å². The second-order valence-electron chi connectivity index (χ2n) is 8.18. The SMILES string of the molecule is O=C(OCC(OC(F)F)(c1ccccc1)c1cccc[n+]1[O-])[C@@H]1CCCN1S(=O)(=O)c1ccccc1. The number of alkyl halides is 2. The molecule has 0 bridgehead atoms. The van der Waals surface area contributed by atoms with Crippen LogP contribution in [0.4, 0.5) is 8.78 Å². The number of benzene rings is 2. The first kappa shape index (κ1) is 25.7. The number of pyridine rings is 1. The zero-order valence-electron chi connectivity index (χ0n) is 19.1. The van der Waals surface area contributed by atoms with Crippen LogP contribution in [-0.4, -0.2) is 44.5 Å². The van der Waals surface area contributed by atoms with Crippen LogP contribution in [0.3, 0.4) is 0 Å². The molecule has 1 fully saturated rings. The fourth-order valence-corrected chi connectivity index (χ4v) is 6.00. The summed E-state index contributed by atoms with van der Waals surface area (Å²) in [4.78, 5) is 13.2. The molecule has 0 saturated carbocycles. The van der Waals surface area contributed by atoms with E-state index in [4.69, 9.17) is 9.47 Å². The zero-order chi connectivity index (χ0) is 25.8. The summed E-state index contributed by atoms with van der Waals surface area (Å²) in [5.74, 6) is -0.918. The highest BCUT2D eigenvalue weighted by Gasteiger charge is 2.48. The maximum absolute atomic E-state index is 13.7. The van der Waals surface area contributed by atoms with Crippen molar-refractivity contribution in [3.63, 3.8) is 0 Å². The summed E-state index contributed by atoms with van der Waals surface area (Å²) in [6, 6.07) is 18.5. The first-order chi connectivity index (χ1) is 17.3. The van der Waals surface area contributed by atoms with E-state index in [0.29, 0.717) is 11.2 Å². The van der Waals surface area contributed by atoms with Gasteiger partial charge in [-0.3, -0.25) is 9.53 Å². The van der Waals surface area contributed by atoms with Crippen molar-refractivity contribution in [2.24, 2.45) is 0 Å². The van der Waals surface area contributed by atoms with Crippen molar-refractivity contribution in [2.45, 2.75) is 36.0 Å². The van der Waals surface area contributed by atoms with Crippen LogP contribution in [0.2, 0.25) is 0 Å². The van der Waals surface area contributed by atoms with Crippen LogP contribution in [0.5, 0.6) is 0 Å². The predicted octanol–water partition coefficient (Wildman–Crippen LogP) is 3.20. The van der Waals surface area contributed by atoms with Crippen molar-refractivity contribution >= 4 is 16.0 Å². The molecule has 0 amide bonds. The third-order valence-electron chi connectivity index (χ3n) is 6.01. The Hall–Kier alpha value is -3.41. The van der Waals surface area contributed by atoms with Gasteiger partial charge in [0.2, 0.25) is 21.3 Å². The molecule has 0 spiro atoms. The van der Waals surface area contributed by atoms with E-state index in [0.717, 1.165) is 10.5 Å². The molecule has 3 aromatic rings. The quantitative estimate of drug-likeness (QED) is 0.245. The highest BCUT2D eigenvalue weighted by atomic mass is 32.2. The molecule has 0 N–H and O–H groups in total. The second-order valence-corrected chi connectivity index (χ2v) is 10.1. The number of ether oxygens (including phenoxy) is 2. The van der Waals surface area contributed by atoms with E-state index in [1.54, 1.807) is 36.4 Å². The molecule has 1 unspecified atom stereocenters. The zero-order valence-corrected chi connectivity index (χ0v) is 19.9. The summed E-state index contributed by atoms with van der Waals surface area (Å²) in [7, 11) is -3.99. The van der Waals surface area contributed by atoms with E-state index < -0.39 is 40.9 Å². The number of sulfonamides is 1. The van der Waals surface area contributed by atoms with Crippen molar-refractivity contribution in [2.75, 3.05) is 13.2 Å². The molecule has 8 nitrogen and oxygen atoms in total. The number of carbonyl (C=O) groups excluding carboxylic acids is 1. The number of carbonyl (C=O) groups is 1. The van der Waals surface area contributed by atoms with Gasteiger partial charge in [-0.05, 0) is 36.6 Å². The van der Waals surface area contributed by atoms with Crippen LogP contribution in [0.15, 0.2) is 90.0 Å². The number of esters is 1. The summed E-state index contributed by atoms with van der Waals surface area (Å²) in [6.45, 7) is -3.99. The Kier molecular flexibility index (Phi) is 7.62. The van der Waals surface area contributed by atoms with Crippen LogP contribution in [-0.2, 0) is 29.9 Å². The van der Waals surface area contributed by atoms with Gasteiger partial charge in [0.25, 0.3) is 0 Å². The first-order valence-electron chi connectivity index (χ1n) is 11.2. The summed E-state index contributed by atoms with van der Waals surface area (Å²) in [5.41, 5.74) is -2.20. The lowest BCUT2D eigenvalue weighted by Gasteiger charge is -2.32. The first-order valence-corrected chi connectivity index (χ1v) is 12.6. The minimum atomic E-state index is -3.99. The number of rotatable bonds is 9. The normalized spacial score (nSPS) is 18.1. The van der Waals surface area contributed by atoms with Crippen LogP contribution < -0.4 is 4.73 Å². The number of hydrogen-bond donors (Lipinski definition) is 0. The van der Waals surface area contributed by atoms with Crippen LogP contribution in [0, 0.1) is 5.21 Å². The number of hydrogen-bond acceptors (Lipinski definition) is 6. The fraction of sp³-hybridized carbons (Fsp3) is 0.280. The van der Waals surface area contributed by atoms with E-state index in [2.05, 4.69) is 0 Å². The van der Waals surface area contributed by atoms with E-state index in [9.17, 15) is 27.2 Å². The molecule has 11 heteroatoms. The number of aromatic nitrogens is 1. The Bertz CT molecular complexity index is 1290. The van der Waals surface area contributed by atoms with E-state index in [1.165, 1.54) is 42.5 Å². The summed E-state index contributed by atoms with van der Waals surface area (Å²) >= 11 is 0. The minimum absolute atomic E-state index is 0.0287. The van der Waals surface area contributed by atoms with Gasteiger partial charge in [-0.15, -0.1) is 0 Å². The Morgan fingerprint density at radius 3 is 2.33 bits per heavy atom. The van der Waals surface area contributed by atoms with E-state index in [-0.39, 0.29) is 29.1 Å². The average Bonchev–Trinajstić information content (AvgIpc) is 3.39. The monoisotopic (exact) mass is 518 g/mol. The molecule has 1 aromatic heterocycles. The maximum atomic E-state index is 13.7. The highest BCUT2D eigenvalue weighted by molar-refractivity contribution is 7.89. The largest absolute Gasteiger partial charge is 0.618 e. The van der Waals surface area contributed by atoms with Gasteiger partial charge >= 0.3 is 12.6 Å². The third kappa shape index (κ3) is 5.08. The average molecular weight is 519 g/mol. The lowest BCUT2D eigenvalue weighted by atomic mass is 9.90. The Balaban J connectivity index is 1.66. The molecule has 1 aliphatic heterocycles. The van der Waals surface area contributed by atoms with Gasteiger partial charge in [0.15, 0.2) is 6.20 Å². The molecule has 4 rings (SSSR count). The van der Waals surface area contributed by atoms with Gasteiger partial charge in [-0.1, -0.05) is 48.5 Å². The molecule has 36 heavy (non-hydrogen) atoms. The molecule has 0 aliphatic carbocycles. The molecule has 1 aliphatic rings. The lowest BCUT2D eigenvalue weighted by Crippen LogP contribution is -2.49. The number of nitrogens with zero attached hydrogens (tertiary/aromatic N) is 2. The third-order valence-corrected chi connectivity index (χ3v) is 7.93. The highest BCUT2D eigenvalue weighted by Crippen LogP contribution is 2.35. The summed E-state index contributed by atoms with van der Waals surface area (Å²) in [5, 5.41) is 12.6. The number of halogens is 2.